The number of ether oxygens (including phenoxy) is 1. The number of benzene rings is 2. The Hall–Kier alpha value is -3.08. The number of aliphatic hydroxyl groups excluding tert-OH is 1. The molecule has 4 heterocycles. The van der Waals surface area contributed by atoms with E-state index in [-0.39, 0.29) is 37.3 Å². The monoisotopic (exact) mass is 663 g/mol. The first-order valence-electron chi connectivity index (χ1n) is 17.7. The molecular formula is C37H50FN3O5Si. The van der Waals surface area contributed by atoms with E-state index >= 15 is 4.11 Å². The van der Waals surface area contributed by atoms with Crippen LogP contribution in [0, 0.1) is 5.92 Å². The van der Waals surface area contributed by atoms with E-state index in [9.17, 15) is 19.5 Å². The van der Waals surface area contributed by atoms with E-state index in [0.717, 1.165) is 68.3 Å². The number of halogens is 1. The van der Waals surface area contributed by atoms with Gasteiger partial charge in [0.1, 0.15) is 0 Å². The predicted molar refractivity (Wildman–Crippen MR) is 185 cm³/mol. The van der Waals surface area contributed by atoms with Crippen LogP contribution in [0.5, 0.6) is 0 Å². The Labute approximate surface area is 279 Å². The van der Waals surface area contributed by atoms with Crippen molar-refractivity contribution in [2.45, 2.75) is 114 Å². The third kappa shape index (κ3) is 6.40. The van der Waals surface area contributed by atoms with Gasteiger partial charge in [0.25, 0.3) is 5.91 Å². The van der Waals surface area contributed by atoms with Crippen molar-refractivity contribution in [1.82, 2.24) is 0 Å². The van der Waals surface area contributed by atoms with Crippen LogP contribution >= 0.6 is 0 Å². The van der Waals surface area contributed by atoms with Gasteiger partial charge < -0.3 is 28.7 Å². The van der Waals surface area contributed by atoms with Gasteiger partial charge in [-0.15, -0.1) is 0 Å². The molecule has 1 N–H and O–H groups in total. The molecule has 6 rings (SSSR count). The Balaban J connectivity index is 1.41. The van der Waals surface area contributed by atoms with Gasteiger partial charge in [-0.25, -0.2) is 0 Å². The molecule has 8 nitrogen and oxygen atoms in total. The van der Waals surface area contributed by atoms with Gasteiger partial charge in [-0.05, 0) is 81.1 Å². The lowest BCUT2D eigenvalue weighted by molar-refractivity contribution is -0.146. The van der Waals surface area contributed by atoms with Crippen LogP contribution in [0.4, 0.5) is 21.2 Å². The summed E-state index contributed by atoms with van der Waals surface area (Å²) in [5, 5.41) is 9.96. The Kier molecular flexibility index (Phi) is 9.93. The van der Waals surface area contributed by atoms with Crippen LogP contribution < -0.4 is 14.7 Å². The molecule has 0 radical (unpaired) electrons. The van der Waals surface area contributed by atoms with Gasteiger partial charge in [0.05, 0.1) is 18.3 Å². The van der Waals surface area contributed by atoms with E-state index in [0.29, 0.717) is 37.2 Å². The number of carbonyl (C=O) groups excluding carboxylic acids is 3. The molecule has 3 saturated heterocycles. The minimum Gasteiger partial charge on any atom is -0.396 e. The normalized spacial score (nSPS) is 27.6. The number of carbonyl (C=O) groups is 3. The second-order valence-corrected chi connectivity index (χ2v) is 18.3. The van der Waals surface area contributed by atoms with Crippen LogP contribution in [0.15, 0.2) is 42.5 Å². The third-order valence-corrected chi connectivity index (χ3v) is 13.3. The number of hydrogen-bond acceptors (Lipinski definition) is 5. The molecule has 3 fully saturated rings. The molecule has 10 heteroatoms. The first-order valence-corrected chi connectivity index (χ1v) is 20.7. The van der Waals surface area contributed by atoms with Crippen molar-refractivity contribution in [3.05, 3.63) is 53.6 Å². The summed E-state index contributed by atoms with van der Waals surface area (Å²) >= 11 is 0. The summed E-state index contributed by atoms with van der Waals surface area (Å²) in [7, 11) is -3.35. The van der Waals surface area contributed by atoms with Crippen molar-refractivity contribution in [3.8, 4) is 0 Å². The molecule has 0 saturated carbocycles. The van der Waals surface area contributed by atoms with Gasteiger partial charge in [-0.1, -0.05) is 44.7 Å². The zero-order valence-electron chi connectivity index (χ0n) is 28.2. The quantitative estimate of drug-likeness (QED) is 0.255. The van der Waals surface area contributed by atoms with E-state index in [4.69, 9.17) is 4.74 Å². The van der Waals surface area contributed by atoms with Crippen LogP contribution in [0.1, 0.15) is 88.7 Å². The Morgan fingerprint density at radius 2 is 1.49 bits per heavy atom. The van der Waals surface area contributed by atoms with Gasteiger partial charge in [-0.3, -0.25) is 14.4 Å². The Morgan fingerprint density at radius 1 is 0.872 bits per heavy atom. The highest BCUT2D eigenvalue weighted by atomic mass is 28.4. The summed E-state index contributed by atoms with van der Waals surface area (Å²) < 4.78 is 22.8. The van der Waals surface area contributed by atoms with Crippen LogP contribution in [0.25, 0.3) is 0 Å². The fourth-order valence-electron chi connectivity index (χ4n) is 8.63. The summed E-state index contributed by atoms with van der Waals surface area (Å²) in [6.07, 6.45) is 8.57. The Morgan fingerprint density at radius 3 is 2.11 bits per heavy atom. The molecule has 4 aliphatic heterocycles. The van der Waals surface area contributed by atoms with E-state index in [2.05, 4.69) is 0 Å². The highest BCUT2D eigenvalue weighted by Crippen LogP contribution is 2.60. The lowest BCUT2D eigenvalue weighted by Gasteiger charge is -2.32. The minimum absolute atomic E-state index is 0.0733. The first-order chi connectivity index (χ1) is 22.6. The maximum absolute atomic E-state index is 16.1. The minimum atomic E-state index is -3.35. The molecule has 0 unspecified atom stereocenters. The maximum atomic E-state index is 16.1. The van der Waals surface area contributed by atoms with Crippen molar-refractivity contribution in [2.75, 3.05) is 34.4 Å². The maximum Gasteiger partial charge on any atom is 0.264 e. The molecule has 47 heavy (non-hydrogen) atoms. The highest BCUT2D eigenvalue weighted by Gasteiger charge is 2.66. The van der Waals surface area contributed by atoms with Crippen LogP contribution in [0.3, 0.4) is 0 Å². The van der Waals surface area contributed by atoms with Gasteiger partial charge in [0.15, 0.2) is 5.60 Å². The number of aliphatic hydroxyl groups is 1. The highest BCUT2D eigenvalue weighted by molar-refractivity contribution is 6.72. The molecule has 1 spiro atoms. The number of anilines is 3. The Bertz CT molecular complexity index is 1500. The molecule has 0 bridgehead atoms. The fraction of sp³-hybridized carbons (Fsp3) is 0.595. The van der Waals surface area contributed by atoms with E-state index in [1.807, 2.05) is 59.2 Å². The summed E-state index contributed by atoms with van der Waals surface area (Å²) in [4.78, 5) is 46.6. The van der Waals surface area contributed by atoms with Gasteiger partial charge in [0, 0.05) is 60.9 Å². The van der Waals surface area contributed by atoms with Crippen molar-refractivity contribution in [2.24, 2.45) is 5.92 Å². The standard InChI is InChI=1S/C37H50FN3O5Si/c1-26-35(47(2,3)38)32(19-22-42)46-37(26)30-24-29(40-21-11-7-5-9-16-34(40)44)17-18-31(30)41(36(37)45)25-27-13-12-14-28(23-27)39-20-10-6-4-8-15-33(39)43/h12-14,17-18,23-24,26,32,35,42H,4-11,15-16,19-22,25H2,1-3H3/t26-,32+,35-,37+/m1/s1. The van der Waals surface area contributed by atoms with Gasteiger partial charge in [0.2, 0.25) is 20.2 Å². The number of hydrogen-bond donors (Lipinski definition) is 1. The zero-order chi connectivity index (χ0) is 33.3. The molecule has 3 amide bonds. The third-order valence-electron chi connectivity index (χ3n) is 10.9. The second-order valence-electron chi connectivity index (χ2n) is 14.5. The molecule has 254 valence electrons. The smallest absolute Gasteiger partial charge is 0.264 e. The predicted octanol–water partition coefficient (Wildman–Crippen LogP) is 6.99. The van der Waals surface area contributed by atoms with E-state index in [1.54, 1.807) is 18.0 Å². The molecule has 0 aromatic heterocycles. The molecule has 2 aromatic rings. The van der Waals surface area contributed by atoms with Crippen LogP contribution in [0.2, 0.25) is 18.6 Å². The van der Waals surface area contributed by atoms with Crippen LogP contribution in [-0.2, 0) is 31.3 Å². The largest absolute Gasteiger partial charge is 0.396 e. The lowest BCUT2D eigenvalue weighted by Crippen LogP contribution is -2.45. The van der Waals surface area contributed by atoms with Crippen molar-refractivity contribution < 1.29 is 28.3 Å². The van der Waals surface area contributed by atoms with E-state index in [1.165, 1.54) is 0 Å². The van der Waals surface area contributed by atoms with Crippen molar-refractivity contribution in [1.29, 1.82) is 0 Å². The number of nitrogens with zero attached hydrogens (tertiary/aromatic N) is 3. The molecule has 0 aliphatic carbocycles. The van der Waals surface area contributed by atoms with E-state index < -0.39 is 31.6 Å². The SMILES string of the molecule is C[C@@H]1[C@@H]([Si](C)(C)F)[C@H](CCO)O[C@@]12C(=O)N(Cc1cccc(N3CCCCCCC3=O)c1)c1ccc(N3CCCCCCC3=O)cc12. The summed E-state index contributed by atoms with van der Waals surface area (Å²) in [6.45, 7) is 6.62. The molecule has 4 aliphatic rings. The molecule has 4 atom stereocenters. The second kappa shape index (κ2) is 13.8. The number of rotatable bonds is 7. The topological polar surface area (TPSA) is 90.4 Å². The average Bonchev–Trinajstić information content (AvgIpc) is 3.44. The molecule has 2 aromatic carbocycles. The van der Waals surface area contributed by atoms with Crippen LogP contribution in [-0.4, -0.2) is 57.0 Å². The average molecular weight is 664 g/mol. The lowest BCUT2D eigenvalue weighted by atomic mass is 9.82. The summed E-state index contributed by atoms with van der Waals surface area (Å²) in [5.74, 6) is -0.524. The summed E-state index contributed by atoms with van der Waals surface area (Å²) in [6, 6.07) is 13.6. The zero-order valence-corrected chi connectivity index (χ0v) is 29.2. The summed E-state index contributed by atoms with van der Waals surface area (Å²) in [5.41, 5.74) is 1.87. The van der Waals surface area contributed by atoms with Crippen molar-refractivity contribution >= 4 is 43.2 Å². The van der Waals surface area contributed by atoms with Gasteiger partial charge >= 0.3 is 0 Å². The molecular weight excluding hydrogens is 614 g/mol. The van der Waals surface area contributed by atoms with Crippen molar-refractivity contribution in [3.63, 3.8) is 0 Å². The number of fused-ring (bicyclic) bond motifs is 2. The van der Waals surface area contributed by atoms with Gasteiger partial charge in [-0.2, -0.15) is 0 Å². The number of amides is 3. The first kappa shape index (κ1) is 33.8. The fourth-order valence-corrected chi connectivity index (χ4v) is 11.2.